The Bertz CT molecular complexity index is 221. The molecule has 14 heavy (non-hydrogen) atoms. The van der Waals surface area contributed by atoms with Crippen molar-refractivity contribution in [3.63, 3.8) is 0 Å². The van der Waals surface area contributed by atoms with Crippen molar-refractivity contribution in [2.24, 2.45) is 0 Å². The van der Waals surface area contributed by atoms with Crippen molar-refractivity contribution in [1.82, 2.24) is 10.2 Å². The summed E-state index contributed by atoms with van der Waals surface area (Å²) in [5.41, 5.74) is 0. The van der Waals surface area contributed by atoms with Gasteiger partial charge in [-0.1, -0.05) is 13.3 Å². The monoisotopic (exact) mass is 216 g/mol. The summed E-state index contributed by atoms with van der Waals surface area (Å²) in [7, 11) is 0. The van der Waals surface area contributed by atoms with E-state index in [0.29, 0.717) is 18.2 Å². The van der Waals surface area contributed by atoms with Gasteiger partial charge in [-0.25, -0.2) is 0 Å². The summed E-state index contributed by atoms with van der Waals surface area (Å²) in [6, 6.07) is 0. The third kappa shape index (κ3) is 3.57. The van der Waals surface area contributed by atoms with E-state index in [1.54, 1.807) is 16.7 Å². The fraction of sp³-hybridized carbons (Fsp3) is 0.778. The maximum atomic E-state index is 11.3. The molecule has 1 N–H and O–H groups in total. The Balaban J connectivity index is 2.16. The second-order valence-electron chi connectivity index (χ2n) is 3.27. The molecule has 0 aromatic heterocycles. The summed E-state index contributed by atoms with van der Waals surface area (Å²) in [6.45, 7) is 3.01. The molecule has 0 saturated carbocycles. The van der Waals surface area contributed by atoms with E-state index in [-0.39, 0.29) is 18.4 Å². The Morgan fingerprint density at radius 3 is 3.00 bits per heavy atom. The van der Waals surface area contributed by atoms with Gasteiger partial charge in [0.1, 0.15) is 6.54 Å². The molecule has 80 valence electrons. The number of amides is 2. The highest BCUT2D eigenvalue weighted by atomic mass is 32.2. The number of carbonyl (C=O) groups is 2. The second kappa shape index (κ2) is 5.90. The molecule has 2 amide bonds. The van der Waals surface area contributed by atoms with E-state index in [1.807, 2.05) is 0 Å². The molecule has 1 fully saturated rings. The normalized spacial score (nSPS) is 16.1. The van der Waals surface area contributed by atoms with Gasteiger partial charge in [0.05, 0.1) is 11.6 Å². The van der Waals surface area contributed by atoms with Crippen LogP contribution in [0.15, 0.2) is 0 Å². The highest BCUT2D eigenvalue weighted by Crippen LogP contribution is 2.13. The lowest BCUT2D eigenvalue weighted by Crippen LogP contribution is -2.38. The van der Waals surface area contributed by atoms with Crippen molar-refractivity contribution >= 4 is 23.6 Å². The average molecular weight is 216 g/mol. The van der Waals surface area contributed by atoms with Crippen molar-refractivity contribution < 1.29 is 9.59 Å². The summed E-state index contributed by atoms with van der Waals surface area (Å²) >= 11 is 1.56. The lowest BCUT2D eigenvalue weighted by atomic mass is 10.3. The van der Waals surface area contributed by atoms with Crippen molar-refractivity contribution in [1.29, 1.82) is 0 Å². The molecule has 0 aliphatic carbocycles. The molecule has 1 aliphatic heterocycles. The van der Waals surface area contributed by atoms with Crippen LogP contribution in [0.3, 0.4) is 0 Å². The van der Waals surface area contributed by atoms with E-state index < -0.39 is 0 Å². The van der Waals surface area contributed by atoms with Crippen LogP contribution in [0.4, 0.5) is 0 Å². The predicted octanol–water partition coefficient (Wildman–Crippen LogP) is 0.436. The molecule has 0 unspecified atom stereocenters. The minimum Gasteiger partial charge on any atom is -0.355 e. The van der Waals surface area contributed by atoms with Crippen LogP contribution in [0, 0.1) is 0 Å². The Kier molecular flexibility index (Phi) is 4.79. The van der Waals surface area contributed by atoms with Gasteiger partial charge in [-0.2, -0.15) is 0 Å². The van der Waals surface area contributed by atoms with Crippen LogP contribution in [0.5, 0.6) is 0 Å². The Hall–Kier alpha value is -0.710. The largest absolute Gasteiger partial charge is 0.355 e. The first kappa shape index (κ1) is 11.4. The van der Waals surface area contributed by atoms with Crippen molar-refractivity contribution in [2.45, 2.75) is 19.8 Å². The van der Waals surface area contributed by atoms with Gasteiger partial charge in [-0.15, -0.1) is 11.8 Å². The first-order valence-electron chi connectivity index (χ1n) is 4.86. The van der Waals surface area contributed by atoms with Crippen LogP contribution in [0.1, 0.15) is 19.8 Å². The molecule has 0 aromatic rings. The number of carbonyl (C=O) groups excluding carboxylic acids is 2. The molecule has 0 spiro atoms. The zero-order valence-corrected chi connectivity index (χ0v) is 9.23. The maximum Gasteiger partial charge on any atom is 0.239 e. The van der Waals surface area contributed by atoms with E-state index in [1.165, 1.54) is 0 Å². The average Bonchev–Trinajstić information content (AvgIpc) is 2.52. The van der Waals surface area contributed by atoms with E-state index in [2.05, 4.69) is 12.2 Å². The van der Waals surface area contributed by atoms with Crippen molar-refractivity contribution in [3.8, 4) is 0 Å². The van der Waals surface area contributed by atoms with Crippen LogP contribution in [0.2, 0.25) is 0 Å². The fourth-order valence-corrected chi connectivity index (χ4v) is 2.08. The molecule has 1 saturated heterocycles. The molecule has 1 heterocycles. The highest BCUT2D eigenvalue weighted by molar-refractivity contribution is 8.00. The van der Waals surface area contributed by atoms with Gasteiger partial charge in [0.25, 0.3) is 0 Å². The molecule has 0 bridgehead atoms. The minimum absolute atomic E-state index is 0.0469. The topological polar surface area (TPSA) is 49.4 Å². The molecule has 0 radical (unpaired) electrons. The summed E-state index contributed by atoms with van der Waals surface area (Å²) in [6.07, 6.45) is 2.06. The number of unbranched alkanes of at least 4 members (excludes halogenated alkanes) is 1. The summed E-state index contributed by atoms with van der Waals surface area (Å²) in [5.74, 6) is 1.19. The molecule has 5 heteroatoms. The zero-order chi connectivity index (χ0) is 10.4. The van der Waals surface area contributed by atoms with Gasteiger partial charge in [0.15, 0.2) is 0 Å². The van der Waals surface area contributed by atoms with Crippen molar-refractivity contribution in [2.75, 3.05) is 24.7 Å². The second-order valence-corrected chi connectivity index (χ2v) is 4.23. The number of hydrogen-bond acceptors (Lipinski definition) is 3. The Morgan fingerprint density at radius 2 is 2.43 bits per heavy atom. The molecule has 1 aliphatic rings. The van der Waals surface area contributed by atoms with E-state index in [0.717, 1.165) is 12.8 Å². The first-order chi connectivity index (χ1) is 6.74. The number of hydrogen-bond donors (Lipinski definition) is 1. The predicted molar refractivity (Wildman–Crippen MR) is 57.0 cm³/mol. The van der Waals surface area contributed by atoms with Crippen LogP contribution < -0.4 is 5.32 Å². The van der Waals surface area contributed by atoms with Crippen molar-refractivity contribution in [3.05, 3.63) is 0 Å². The molecule has 1 rings (SSSR count). The molecular weight excluding hydrogens is 200 g/mol. The van der Waals surface area contributed by atoms with Gasteiger partial charge in [-0.3, -0.25) is 9.59 Å². The van der Waals surface area contributed by atoms with Crippen LogP contribution in [0.25, 0.3) is 0 Å². The molecule has 0 atom stereocenters. The van der Waals surface area contributed by atoms with Gasteiger partial charge in [0.2, 0.25) is 11.8 Å². The van der Waals surface area contributed by atoms with Gasteiger partial charge in [0, 0.05) is 6.54 Å². The first-order valence-corrected chi connectivity index (χ1v) is 6.01. The SMILES string of the molecule is CCCCNC(=O)CN1CSCC1=O. The van der Waals surface area contributed by atoms with Crippen LogP contribution in [-0.2, 0) is 9.59 Å². The lowest BCUT2D eigenvalue weighted by Gasteiger charge is -2.13. The lowest BCUT2D eigenvalue weighted by molar-refractivity contribution is -0.132. The maximum absolute atomic E-state index is 11.3. The smallest absolute Gasteiger partial charge is 0.239 e. The van der Waals surface area contributed by atoms with Crippen LogP contribution in [-0.4, -0.2) is 41.4 Å². The standard InChI is InChI=1S/C9H16N2O2S/c1-2-3-4-10-8(12)5-11-7-14-6-9(11)13/h2-7H2,1H3,(H,10,12). The summed E-state index contributed by atoms with van der Waals surface area (Å²) in [5, 5.41) is 2.79. The number of nitrogens with one attached hydrogen (secondary N) is 1. The Labute approximate surface area is 88.4 Å². The van der Waals surface area contributed by atoms with Gasteiger partial charge in [-0.05, 0) is 6.42 Å². The third-order valence-electron chi connectivity index (χ3n) is 2.01. The van der Waals surface area contributed by atoms with E-state index in [4.69, 9.17) is 0 Å². The summed E-state index contributed by atoms with van der Waals surface area (Å²) < 4.78 is 0. The Morgan fingerprint density at radius 1 is 1.64 bits per heavy atom. The van der Waals surface area contributed by atoms with Gasteiger partial charge < -0.3 is 10.2 Å². The molecule has 0 aromatic carbocycles. The summed E-state index contributed by atoms with van der Waals surface area (Å²) in [4.78, 5) is 24.1. The minimum atomic E-state index is -0.0469. The molecular formula is C9H16N2O2S. The van der Waals surface area contributed by atoms with Gasteiger partial charge >= 0.3 is 0 Å². The molecule has 4 nitrogen and oxygen atoms in total. The van der Waals surface area contributed by atoms with Crippen LogP contribution >= 0.6 is 11.8 Å². The fourth-order valence-electron chi connectivity index (χ4n) is 1.17. The van der Waals surface area contributed by atoms with E-state index >= 15 is 0 Å². The highest BCUT2D eigenvalue weighted by Gasteiger charge is 2.22. The van der Waals surface area contributed by atoms with E-state index in [9.17, 15) is 9.59 Å². The number of nitrogens with zero attached hydrogens (tertiary/aromatic N) is 1. The number of thioether (sulfide) groups is 1. The number of rotatable bonds is 5. The zero-order valence-electron chi connectivity index (χ0n) is 8.41. The third-order valence-corrected chi connectivity index (χ3v) is 2.96. The quantitative estimate of drug-likeness (QED) is 0.678.